The van der Waals surface area contributed by atoms with E-state index in [0.717, 1.165) is 6.07 Å². The Morgan fingerprint density at radius 1 is 1.26 bits per heavy atom. The molecule has 1 aromatic heterocycles. The molecule has 0 saturated carbocycles. The Kier molecular flexibility index (Phi) is 5.52. The molecule has 2 heterocycles. The van der Waals surface area contributed by atoms with Crippen molar-refractivity contribution in [2.45, 2.75) is 13.8 Å². The highest BCUT2D eigenvalue weighted by atomic mass is 35.5. The molecule has 3 rings (SSSR count). The van der Waals surface area contributed by atoms with E-state index in [1.165, 1.54) is 12.1 Å². The molecule has 1 fully saturated rings. The number of aromatic nitrogens is 2. The maximum Gasteiger partial charge on any atom is 0.270 e. The Labute approximate surface area is 160 Å². The molecule has 9 nitrogen and oxygen atoms in total. The Bertz CT molecular complexity index is 876. The SMILES string of the molecule is Cc1nc(N2CCOCC2)nc(C)c1NC(=O)c1ccc([N+](=O)[O-])cc1Cl. The summed E-state index contributed by atoms with van der Waals surface area (Å²) in [5.74, 6) is 0.114. The van der Waals surface area contributed by atoms with Gasteiger partial charge in [-0.3, -0.25) is 14.9 Å². The van der Waals surface area contributed by atoms with Gasteiger partial charge in [0.05, 0.1) is 45.8 Å². The van der Waals surface area contributed by atoms with Crippen LogP contribution >= 0.6 is 11.6 Å². The number of amides is 1. The lowest BCUT2D eigenvalue weighted by molar-refractivity contribution is -0.384. The van der Waals surface area contributed by atoms with Crippen molar-refractivity contribution in [3.63, 3.8) is 0 Å². The van der Waals surface area contributed by atoms with E-state index in [9.17, 15) is 14.9 Å². The van der Waals surface area contributed by atoms with Gasteiger partial charge in [0.25, 0.3) is 11.6 Å². The van der Waals surface area contributed by atoms with Gasteiger partial charge in [-0.1, -0.05) is 11.6 Å². The lowest BCUT2D eigenvalue weighted by Crippen LogP contribution is -2.37. The Hall–Kier alpha value is -2.78. The molecule has 142 valence electrons. The highest BCUT2D eigenvalue weighted by Crippen LogP contribution is 2.25. The average molecular weight is 392 g/mol. The zero-order valence-electron chi connectivity index (χ0n) is 14.9. The molecule has 0 radical (unpaired) electrons. The zero-order chi connectivity index (χ0) is 19.6. The van der Waals surface area contributed by atoms with Crippen molar-refractivity contribution in [2.24, 2.45) is 0 Å². The number of hydrogen-bond acceptors (Lipinski definition) is 7. The highest BCUT2D eigenvalue weighted by Gasteiger charge is 2.20. The molecule has 27 heavy (non-hydrogen) atoms. The molecular formula is C17H18ClN5O4. The van der Waals surface area contributed by atoms with Crippen LogP contribution in [0.5, 0.6) is 0 Å². The number of benzene rings is 1. The van der Waals surface area contributed by atoms with E-state index in [4.69, 9.17) is 16.3 Å². The second-order valence-electron chi connectivity index (χ2n) is 6.04. The van der Waals surface area contributed by atoms with Crippen molar-refractivity contribution >= 4 is 34.8 Å². The van der Waals surface area contributed by atoms with Crippen LogP contribution in [0.1, 0.15) is 21.7 Å². The molecule has 1 aromatic carbocycles. The van der Waals surface area contributed by atoms with Crippen LogP contribution in [0.3, 0.4) is 0 Å². The number of rotatable bonds is 4. The van der Waals surface area contributed by atoms with Crippen LogP contribution in [0.25, 0.3) is 0 Å². The van der Waals surface area contributed by atoms with Crippen LogP contribution < -0.4 is 10.2 Å². The lowest BCUT2D eigenvalue weighted by Gasteiger charge is -2.27. The van der Waals surface area contributed by atoms with Gasteiger partial charge in [-0.25, -0.2) is 9.97 Å². The molecule has 0 atom stereocenters. The number of halogens is 1. The smallest absolute Gasteiger partial charge is 0.270 e. The molecule has 1 amide bonds. The normalized spacial score (nSPS) is 14.1. The summed E-state index contributed by atoms with van der Waals surface area (Å²) in [7, 11) is 0. The van der Waals surface area contributed by atoms with E-state index in [-0.39, 0.29) is 16.3 Å². The summed E-state index contributed by atoms with van der Waals surface area (Å²) in [4.78, 5) is 33.8. The van der Waals surface area contributed by atoms with Gasteiger partial charge in [-0.05, 0) is 19.9 Å². The van der Waals surface area contributed by atoms with Gasteiger partial charge < -0.3 is 15.0 Å². The summed E-state index contributed by atoms with van der Waals surface area (Å²) in [6, 6.07) is 3.70. The van der Waals surface area contributed by atoms with E-state index in [2.05, 4.69) is 15.3 Å². The first-order valence-electron chi connectivity index (χ1n) is 8.30. The maximum atomic E-state index is 12.6. The topological polar surface area (TPSA) is 110 Å². The second-order valence-corrected chi connectivity index (χ2v) is 6.45. The summed E-state index contributed by atoms with van der Waals surface area (Å²) in [5, 5.41) is 13.6. The molecule has 0 spiro atoms. The third-order valence-electron chi connectivity index (χ3n) is 4.20. The largest absolute Gasteiger partial charge is 0.378 e. The molecule has 1 aliphatic rings. The number of non-ortho nitro benzene ring substituents is 1. The molecule has 0 bridgehead atoms. The fourth-order valence-electron chi connectivity index (χ4n) is 2.77. The predicted molar refractivity (Wildman–Crippen MR) is 101 cm³/mol. The molecular weight excluding hydrogens is 374 g/mol. The number of hydrogen-bond donors (Lipinski definition) is 1. The summed E-state index contributed by atoms with van der Waals surface area (Å²) >= 11 is 6.03. The fourth-order valence-corrected chi connectivity index (χ4v) is 3.03. The van der Waals surface area contributed by atoms with Gasteiger partial charge in [-0.15, -0.1) is 0 Å². The Morgan fingerprint density at radius 2 is 1.89 bits per heavy atom. The average Bonchev–Trinajstić information content (AvgIpc) is 2.64. The highest BCUT2D eigenvalue weighted by molar-refractivity contribution is 6.34. The molecule has 0 unspecified atom stereocenters. The summed E-state index contributed by atoms with van der Waals surface area (Å²) < 4.78 is 5.33. The third kappa shape index (κ3) is 4.15. The lowest BCUT2D eigenvalue weighted by atomic mass is 10.1. The Balaban J connectivity index is 1.83. The quantitative estimate of drug-likeness (QED) is 0.630. The van der Waals surface area contributed by atoms with E-state index in [1.807, 2.05) is 4.90 Å². The number of nitro benzene ring substituents is 1. The molecule has 1 N–H and O–H groups in total. The van der Waals surface area contributed by atoms with Crippen molar-refractivity contribution in [1.82, 2.24) is 9.97 Å². The summed E-state index contributed by atoms with van der Waals surface area (Å²) in [5.41, 5.74) is 1.69. The second kappa shape index (κ2) is 7.85. The summed E-state index contributed by atoms with van der Waals surface area (Å²) in [6.45, 7) is 6.24. The molecule has 1 aliphatic heterocycles. The number of morpholine rings is 1. The van der Waals surface area contributed by atoms with E-state index < -0.39 is 10.8 Å². The van der Waals surface area contributed by atoms with E-state index in [0.29, 0.717) is 49.3 Å². The first-order valence-corrected chi connectivity index (χ1v) is 8.68. The predicted octanol–water partition coefficient (Wildman–Crippen LogP) is 2.74. The Morgan fingerprint density at radius 3 is 2.44 bits per heavy atom. The minimum atomic E-state index is -0.569. The number of aryl methyl sites for hydroxylation is 2. The number of ether oxygens (including phenoxy) is 1. The molecule has 0 aliphatic carbocycles. The van der Waals surface area contributed by atoms with Gasteiger partial charge in [0.15, 0.2) is 0 Å². The first kappa shape index (κ1) is 19.0. The molecule has 2 aromatic rings. The molecule has 10 heteroatoms. The first-order chi connectivity index (χ1) is 12.9. The van der Waals surface area contributed by atoms with Crippen molar-refractivity contribution in [3.05, 3.63) is 50.3 Å². The number of nitrogens with one attached hydrogen (secondary N) is 1. The number of anilines is 2. The van der Waals surface area contributed by atoms with Gasteiger partial charge in [0, 0.05) is 25.2 Å². The number of nitrogens with zero attached hydrogens (tertiary/aromatic N) is 4. The van der Waals surface area contributed by atoms with Crippen LogP contribution in [0, 0.1) is 24.0 Å². The summed E-state index contributed by atoms with van der Waals surface area (Å²) in [6.07, 6.45) is 0. The van der Waals surface area contributed by atoms with Crippen LogP contribution in [-0.4, -0.2) is 47.1 Å². The van der Waals surface area contributed by atoms with Crippen LogP contribution in [0.2, 0.25) is 5.02 Å². The van der Waals surface area contributed by atoms with Crippen LogP contribution in [-0.2, 0) is 4.74 Å². The van der Waals surface area contributed by atoms with Crippen LogP contribution in [0.4, 0.5) is 17.3 Å². The number of nitro groups is 1. The fraction of sp³-hybridized carbons (Fsp3) is 0.353. The maximum absolute atomic E-state index is 12.6. The van der Waals surface area contributed by atoms with Gasteiger partial charge >= 0.3 is 0 Å². The zero-order valence-corrected chi connectivity index (χ0v) is 15.6. The van der Waals surface area contributed by atoms with E-state index >= 15 is 0 Å². The third-order valence-corrected chi connectivity index (χ3v) is 4.51. The molecule has 1 saturated heterocycles. The minimum absolute atomic E-state index is 0.00265. The van der Waals surface area contributed by atoms with Crippen LogP contribution in [0.15, 0.2) is 18.2 Å². The number of carbonyl (C=O) groups is 1. The van der Waals surface area contributed by atoms with Crippen molar-refractivity contribution in [1.29, 1.82) is 0 Å². The number of carbonyl (C=O) groups excluding carboxylic acids is 1. The van der Waals surface area contributed by atoms with Gasteiger partial charge in [0.2, 0.25) is 5.95 Å². The standard InChI is InChI=1S/C17H18ClN5O4/c1-10-15(11(2)20-17(19-10)22-5-7-27-8-6-22)21-16(24)13-4-3-12(23(25)26)9-14(13)18/h3-4,9H,5-8H2,1-2H3,(H,21,24). The van der Waals surface area contributed by atoms with Gasteiger partial charge in [0.1, 0.15) is 0 Å². The monoisotopic (exact) mass is 391 g/mol. The van der Waals surface area contributed by atoms with Gasteiger partial charge in [-0.2, -0.15) is 0 Å². The van der Waals surface area contributed by atoms with Crippen molar-refractivity contribution in [3.8, 4) is 0 Å². The van der Waals surface area contributed by atoms with Crippen molar-refractivity contribution < 1.29 is 14.5 Å². The minimum Gasteiger partial charge on any atom is -0.378 e. The van der Waals surface area contributed by atoms with E-state index in [1.54, 1.807) is 13.8 Å². The van der Waals surface area contributed by atoms with Crippen molar-refractivity contribution in [2.75, 3.05) is 36.5 Å².